The number of nitro groups is 1. The van der Waals surface area contributed by atoms with Gasteiger partial charge in [0.1, 0.15) is 0 Å². The summed E-state index contributed by atoms with van der Waals surface area (Å²) in [6.07, 6.45) is -0.378. The minimum Gasteiger partial charge on any atom is -0.391 e. The van der Waals surface area contributed by atoms with Crippen molar-refractivity contribution in [1.82, 2.24) is 0 Å². The largest absolute Gasteiger partial charge is 0.391 e. The lowest BCUT2D eigenvalue weighted by Gasteiger charge is -2.34. The van der Waals surface area contributed by atoms with Crippen molar-refractivity contribution in [3.63, 3.8) is 0 Å². The van der Waals surface area contributed by atoms with Crippen LogP contribution in [0.25, 0.3) is 0 Å². The molecule has 2 heterocycles. The van der Waals surface area contributed by atoms with Crippen LogP contribution < -0.4 is 4.90 Å². The molecular weight excluding hydrogens is 268 g/mol. The van der Waals surface area contributed by atoms with Crippen molar-refractivity contribution in [2.45, 2.75) is 32.5 Å². The SMILES string of the molecule is CC1CCN(c2sc([C@@H](C)O)cc2[N+](=O)[O-])CC1O. The van der Waals surface area contributed by atoms with Crippen molar-refractivity contribution in [1.29, 1.82) is 0 Å². The fourth-order valence-electron chi connectivity index (χ4n) is 2.19. The van der Waals surface area contributed by atoms with Gasteiger partial charge in [-0.15, -0.1) is 11.3 Å². The molecule has 6 nitrogen and oxygen atoms in total. The van der Waals surface area contributed by atoms with Gasteiger partial charge < -0.3 is 15.1 Å². The lowest BCUT2D eigenvalue weighted by Crippen LogP contribution is -2.42. The molecule has 3 atom stereocenters. The first kappa shape index (κ1) is 14.2. The van der Waals surface area contributed by atoms with Crippen molar-refractivity contribution in [2.75, 3.05) is 18.0 Å². The predicted octanol–water partition coefficient (Wildman–Crippen LogP) is 1.92. The van der Waals surface area contributed by atoms with Crippen molar-refractivity contribution >= 4 is 22.0 Å². The monoisotopic (exact) mass is 286 g/mol. The minimum absolute atomic E-state index is 0.0163. The Labute approximate surface area is 115 Å². The smallest absolute Gasteiger partial charge is 0.304 e. The van der Waals surface area contributed by atoms with Crippen molar-refractivity contribution in [2.24, 2.45) is 5.92 Å². The zero-order chi connectivity index (χ0) is 14.2. The van der Waals surface area contributed by atoms with Crippen LogP contribution in [0.1, 0.15) is 31.2 Å². The molecule has 1 aromatic rings. The molecule has 0 aliphatic carbocycles. The summed E-state index contributed by atoms with van der Waals surface area (Å²) in [7, 11) is 0. The maximum Gasteiger partial charge on any atom is 0.304 e. The van der Waals surface area contributed by atoms with Gasteiger partial charge in [0, 0.05) is 24.0 Å². The number of anilines is 1. The summed E-state index contributed by atoms with van der Waals surface area (Å²) in [6, 6.07) is 1.43. The summed E-state index contributed by atoms with van der Waals surface area (Å²) >= 11 is 1.23. The van der Waals surface area contributed by atoms with E-state index in [4.69, 9.17) is 0 Å². The predicted molar refractivity (Wildman–Crippen MR) is 73.6 cm³/mol. The second kappa shape index (κ2) is 5.44. The molecule has 2 N–H and O–H groups in total. The molecule has 106 valence electrons. The van der Waals surface area contributed by atoms with Gasteiger partial charge in [-0.1, -0.05) is 6.92 Å². The van der Waals surface area contributed by atoms with Crippen LogP contribution in [0, 0.1) is 16.0 Å². The number of nitrogens with zero attached hydrogens (tertiary/aromatic N) is 2. The molecule has 1 aliphatic heterocycles. The maximum absolute atomic E-state index is 11.1. The molecule has 2 unspecified atom stereocenters. The van der Waals surface area contributed by atoms with Gasteiger partial charge >= 0.3 is 5.69 Å². The third-order valence-electron chi connectivity index (χ3n) is 3.53. The zero-order valence-electron chi connectivity index (χ0n) is 10.9. The van der Waals surface area contributed by atoms with E-state index in [-0.39, 0.29) is 11.6 Å². The van der Waals surface area contributed by atoms with Crippen LogP contribution in [-0.4, -0.2) is 34.3 Å². The van der Waals surface area contributed by atoms with Gasteiger partial charge in [-0.2, -0.15) is 0 Å². The minimum atomic E-state index is -0.717. The van der Waals surface area contributed by atoms with E-state index in [1.54, 1.807) is 6.92 Å². The van der Waals surface area contributed by atoms with Gasteiger partial charge in [0.05, 0.1) is 17.1 Å². The van der Waals surface area contributed by atoms with Crippen LogP contribution in [0.5, 0.6) is 0 Å². The first-order valence-corrected chi connectivity index (χ1v) is 7.11. The number of rotatable bonds is 3. The average Bonchev–Trinajstić information content (AvgIpc) is 2.78. The van der Waals surface area contributed by atoms with Gasteiger partial charge in [0.15, 0.2) is 5.00 Å². The second-order valence-corrected chi connectivity index (χ2v) is 6.11. The Morgan fingerprint density at radius 2 is 2.32 bits per heavy atom. The molecule has 0 saturated carbocycles. The van der Waals surface area contributed by atoms with Crippen molar-refractivity contribution < 1.29 is 15.1 Å². The number of β-amino-alcohol motifs (C(OH)–C–C–N with tert-alkyl or cyclic N) is 1. The summed E-state index contributed by atoms with van der Waals surface area (Å²) in [4.78, 5) is 13.1. The van der Waals surface area contributed by atoms with Crippen molar-refractivity contribution in [3.8, 4) is 0 Å². The molecule has 0 radical (unpaired) electrons. The Morgan fingerprint density at radius 3 is 2.84 bits per heavy atom. The summed E-state index contributed by atoms with van der Waals surface area (Å²) in [5.74, 6) is 0.214. The van der Waals surface area contributed by atoms with Crippen LogP contribution in [0.15, 0.2) is 6.07 Å². The Balaban J connectivity index is 2.30. The summed E-state index contributed by atoms with van der Waals surface area (Å²) < 4.78 is 0. The van der Waals surface area contributed by atoms with Gasteiger partial charge in [0.25, 0.3) is 0 Å². The molecule has 1 aromatic heterocycles. The molecule has 19 heavy (non-hydrogen) atoms. The maximum atomic E-state index is 11.1. The third-order valence-corrected chi connectivity index (χ3v) is 4.88. The van der Waals surface area contributed by atoms with Crippen LogP contribution in [0.4, 0.5) is 10.7 Å². The lowest BCUT2D eigenvalue weighted by molar-refractivity contribution is -0.383. The van der Waals surface area contributed by atoms with E-state index >= 15 is 0 Å². The fraction of sp³-hybridized carbons (Fsp3) is 0.667. The quantitative estimate of drug-likeness (QED) is 0.655. The number of hydrogen-bond acceptors (Lipinski definition) is 6. The van der Waals surface area contributed by atoms with E-state index in [0.717, 1.165) is 6.42 Å². The fourth-order valence-corrected chi connectivity index (χ4v) is 3.28. The van der Waals surface area contributed by atoms with Gasteiger partial charge in [-0.05, 0) is 19.3 Å². The molecule has 0 aromatic carbocycles. The molecular formula is C12H18N2O4S. The number of aliphatic hydroxyl groups is 2. The van der Waals surface area contributed by atoms with E-state index in [9.17, 15) is 20.3 Å². The summed E-state index contributed by atoms with van der Waals surface area (Å²) in [5, 5.41) is 31.1. The highest BCUT2D eigenvalue weighted by Crippen LogP contribution is 2.41. The first-order valence-electron chi connectivity index (χ1n) is 6.29. The Kier molecular flexibility index (Phi) is 4.07. The number of hydrogen-bond donors (Lipinski definition) is 2. The zero-order valence-corrected chi connectivity index (χ0v) is 11.8. The van der Waals surface area contributed by atoms with Gasteiger partial charge in [0.2, 0.25) is 0 Å². The topological polar surface area (TPSA) is 86.8 Å². The van der Waals surface area contributed by atoms with Crippen LogP contribution in [0.2, 0.25) is 0 Å². The Hall–Kier alpha value is -1.18. The number of thiophene rings is 1. The number of piperidine rings is 1. The summed E-state index contributed by atoms with van der Waals surface area (Å²) in [5.41, 5.74) is 0.0163. The molecule has 2 rings (SSSR count). The van der Waals surface area contributed by atoms with E-state index in [2.05, 4.69) is 0 Å². The van der Waals surface area contributed by atoms with Gasteiger partial charge in [-0.3, -0.25) is 10.1 Å². The molecule has 7 heteroatoms. The van der Waals surface area contributed by atoms with E-state index in [1.807, 2.05) is 11.8 Å². The molecule has 0 amide bonds. The van der Waals surface area contributed by atoms with E-state index in [0.29, 0.717) is 23.0 Å². The molecule has 0 bridgehead atoms. The van der Waals surface area contributed by atoms with E-state index < -0.39 is 17.1 Å². The normalized spacial score (nSPS) is 25.4. The first-order chi connectivity index (χ1) is 8.90. The molecule has 1 saturated heterocycles. The number of aliphatic hydroxyl groups excluding tert-OH is 2. The summed E-state index contributed by atoms with van der Waals surface area (Å²) in [6.45, 7) is 4.67. The van der Waals surface area contributed by atoms with Crippen molar-refractivity contribution in [3.05, 3.63) is 21.1 Å². The highest BCUT2D eigenvalue weighted by Gasteiger charge is 2.31. The molecule has 0 spiro atoms. The van der Waals surface area contributed by atoms with Crippen LogP contribution >= 0.6 is 11.3 Å². The standard InChI is InChI=1S/C12H18N2O4S/c1-7-3-4-13(6-10(7)16)12-9(14(17)18)5-11(19-12)8(2)15/h5,7-8,10,15-16H,3-4,6H2,1-2H3/t7?,8-,10?/m1/s1. The highest BCUT2D eigenvalue weighted by molar-refractivity contribution is 7.16. The average molecular weight is 286 g/mol. The lowest BCUT2D eigenvalue weighted by atomic mass is 9.96. The van der Waals surface area contributed by atoms with Crippen LogP contribution in [-0.2, 0) is 0 Å². The van der Waals surface area contributed by atoms with Gasteiger partial charge in [-0.25, -0.2) is 0 Å². The second-order valence-electron chi connectivity index (χ2n) is 5.05. The molecule has 1 aliphatic rings. The third kappa shape index (κ3) is 2.88. The van der Waals surface area contributed by atoms with E-state index in [1.165, 1.54) is 17.4 Å². The molecule has 1 fully saturated rings. The van der Waals surface area contributed by atoms with Crippen LogP contribution in [0.3, 0.4) is 0 Å². The Morgan fingerprint density at radius 1 is 1.63 bits per heavy atom. The Bertz CT molecular complexity index is 474. The highest BCUT2D eigenvalue weighted by atomic mass is 32.1.